The van der Waals surface area contributed by atoms with Crippen molar-refractivity contribution < 1.29 is 8.42 Å². The molecule has 0 spiro atoms. The van der Waals surface area contributed by atoms with Crippen LogP contribution in [0.25, 0.3) is 0 Å². The van der Waals surface area contributed by atoms with Gasteiger partial charge in [0.1, 0.15) is 5.75 Å². The van der Waals surface area contributed by atoms with E-state index in [0.29, 0.717) is 25.3 Å². The highest BCUT2D eigenvalue weighted by Gasteiger charge is 2.28. The zero-order valence-electron chi connectivity index (χ0n) is 10.3. The second kappa shape index (κ2) is 5.77. The van der Waals surface area contributed by atoms with Gasteiger partial charge in [-0.05, 0) is 37.4 Å². The Labute approximate surface area is 108 Å². The molecule has 18 heavy (non-hydrogen) atoms. The Balaban J connectivity index is 2.06. The maximum atomic E-state index is 12.3. The number of nitrogens with two attached hydrogens (primary N) is 1. The molecule has 1 aromatic heterocycles. The molecule has 1 aromatic rings. The molecule has 0 unspecified atom stereocenters. The fraction of sp³-hybridized carbons (Fsp3) is 0.583. The first kappa shape index (κ1) is 13.5. The van der Waals surface area contributed by atoms with Crippen molar-refractivity contribution in [3.8, 4) is 0 Å². The fourth-order valence-electron chi connectivity index (χ4n) is 2.23. The lowest BCUT2D eigenvalue weighted by Gasteiger charge is -2.31. The van der Waals surface area contributed by atoms with E-state index < -0.39 is 10.0 Å². The smallest absolute Gasteiger partial charge is 0.219 e. The summed E-state index contributed by atoms with van der Waals surface area (Å²) in [4.78, 5) is 4.07. The second-order valence-corrected chi connectivity index (χ2v) is 6.65. The van der Waals surface area contributed by atoms with Crippen LogP contribution in [-0.2, 0) is 15.8 Å². The van der Waals surface area contributed by atoms with Gasteiger partial charge in [0, 0.05) is 19.3 Å². The van der Waals surface area contributed by atoms with Crippen molar-refractivity contribution in [2.75, 3.05) is 19.6 Å². The fourth-order valence-corrected chi connectivity index (χ4v) is 3.81. The minimum absolute atomic E-state index is 0.0227. The topological polar surface area (TPSA) is 76.3 Å². The Morgan fingerprint density at radius 3 is 2.94 bits per heavy atom. The first-order chi connectivity index (χ1) is 8.62. The van der Waals surface area contributed by atoms with E-state index in [1.54, 1.807) is 28.7 Å². The molecular weight excluding hydrogens is 250 g/mol. The van der Waals surface area contributed by atoms with E-state index >= 15 is 0 Å². The average Bonchev–Trinajstić information content (AvgIpc) is 2.39. The predicted molar refractivity (Wildman–Crippen MR) is 70.2 cm³/mol. The number of sulfonamides is 1. The molecule has 2 heterocycles. The molecule has 1 fully saturated rings. The van der Waals surface area contributed by atoms with E-state index in [2.05, 4.69) is 4.98 Å². The van der Waals surface area contributed by atoms with Gasteiger partial charge < -0.3 is 5.73 Å². The quantitative estimate of drug-likeness (QED) is 0.867. The maximum absolute atomic E-state index is 12.3. The molecule has 6 heteroatoms. The summed E-state index contributed by atoms with van der Waals surface area (Å²) in [5.41, 5.74) is 6.22. The lowest BCUT2D eigenvalue weighted by atomic mass is 10.0. The van der Waals surface area contributed by atoms with Crippen LogP contribution in [0.5, 0.6) is 0 Å². The predicted octanol–water partition coefficient (Wildman–Crippen LogP) is 0.582. The molecule has 0 saturated carbocycles. The molecule has 5 nitrogen and oxygen atoms in total. The van der Waals surface area contributed by atoms with Gasteiger partial charge in [0.2, 0.25) is 10.0 Å². The van der Waals surface area contributed by atoms with E-state index in [0.717, 1.165) is 12.8 Å². The van der Waals surface area contributed by atoms with Crippen LogP contribution in [0.3, 0.4) is 0 Å². The van der Waals surface area contributed by atoms with Crippen molar-refractivity contribution >= 4 is 10.0 Å². The summed E-state index contributed by atoms with van der Waals surface area (Å²) in [6.45, 7) is 1.70. The molecule has 2 rings (SSSR count). The normalized spacial score (nSPS) is 21.9. The van der Waals surface area contributed by atoms with Crippen molar-refractivity contribution in [3.63, 3.8) is 0 Å². The summed E-state index contributed by atoms with van der Waals surface area (Å²) in [5.74, 6) is 0.266. The number of rotatable bonds is 4. The molecule has 1 atom stereocenters. The molecule has 1 saturated heterocycles. The molecule has 1 aliphatic heterocycles. The number of nitrogens with zero attached hydrogens (tertiary/aromatic N) is 2. The van der Waals surface area contributed by atoms with Gasteiger partial charge in [-0.1, -0.05) is 6.07 Å². The summed E-state index contributed by atoms with van der Waals surface area (Å²) >= 11 is 0. The summed E-state index contributed by atoms with van der Waals surface area (Å²) in [6, 6.07) is 5.32. The Morgan fingerprint density at radius 1 is 1.44 bits per heavy atom. The third-order valence-corrected chi connectivity index (χ3v) is 5.04. The van der Waals surface area contributed by atoms with Gasteiger partial charge >= 0.3 is 0 Å². The minimum atomic E-state index is -3.26. The van der Waals surface area contributed by atoms with E-state index in [1.165, 1.54) is 0 Å². The number of pyridine rings is 1. The van der Waals surface area contributed by atoms with Gasteiger partial charge in [0.15, 0.2) is 0 Å². The van der Waals surface area contributed by atoms with Crippen LogP contribution in [0.2, 0.25) is 0 Å². The Bertz CT molecular complexity index is 475. The first-order valence-corrected chi connectivity index (χ1v) is 7.80. The molecule has 0 aliphatic carbocycles. The third kappa shape index (κ3) is 3.28. The molecule has 0 radical (unpaired) electrons. The maximum Gasteiger partial charge on any atom is 0.219 e. The van der Waals surface area contributed by atoms with Gasteiger partial charge in [0.25, 0.3) is 0 Å². The molecule has 0 aromatic carbocycles. The van der Waals surface area contributed by atoms with E-state index in [1.807, 2.05) is 0 Å². The van der Waals surface area contributed by atoms with Crippen LogP contribution in [0.1, 0.15) is 18.5 Å². The summed E-state index contributed by atoms with van der Waals surface area (Å²) in [7, 11) is -3.26. The summed E-state index contributed by atoms with van der Waals surface area (Å²) in [5, 5.41) is 0. The second-order valence-electron chi connectivity index (χ2n) is 4.68. The monoisotopic (exact) mass is 269 g/mol. The van der Waals surface area contributed by atoms with Gasteiger partial charge in [0.05, 0.1) is 5.69 Å². The zero-order chi connectivity index (χ0) is 13.0. The molecule has 2 N–H and O–H groups in total. The van der Waals surface area contributed by atoms with Crippen LogP contribution < -0.4 is 5.73 Å². The zero-order valence-corrected chi connectivity index (χ0v) is 11.1. The van der Waals surface area contributed by atoms with Crippen molar-refractivity contribution in [1.82, 2.24) is 9.29 Å². The van der Waals surface area contributed by atoms with Gasteiger partial charge in [-0.3, -0.25) is 4.98 Å². The number of aromatic nitrogens is 1. The van der Waals surface area contributed by atoms with Gasteiger partial charge in [-0.2, -0.15) is 0 Å². The number of hydrogen-bond acceptors (Lipinski definition) is 4. The van der Waals surface area contributed by atoms with Gasteiger partial charge in [-0.25, -0.2) is 12.7 Å². The van der Waals surface area contributed by atoms with Crippen LogP contribution in [0.15, 0.2) is 24.4 Å². The minimum Gasteiger partial charge on any atom is -0.330 e. The molecular formula is C12H19N3O2S. The lowest BCUT2D eigenvalue weighted by molar-refractivity contribution is 0.271. The third-order valence-electron chi connectivity index (χ3n) is 3.26. The molecule has 0 amide bonds. The van der Waals surface area contributed by atoms with Crippen molar-refractivity contribution in [2.45, 2.75) is 18.6 Å². The van der Waals surface area contributed by atoms with Crippen molar-refractivity contribution in [2.24, 2.45) is 11.7 Å². The largest absolute Gasteiger partial charge is 0.330 e. The Hall–Kier alpha value is -0.980. The first-order valence-electron chi connectivity index (χ1n) is 6.19. The molecule has 100 valence electrons. The number of piperidine rings is 1. The summed E-state index contributed by atoms with van der Waals surface area (Å²) in [6.07, 6.45) is 3.53. The van der Waals surface area contributed by atoms with Crippen LogP contribution in [-0.4, -0.2) is 37.3 Å². The van der Waals surface area contributed by atoms with Crippen LogP contribution in [0, 0.1) is 5.92 Å². The molecule has 0 bridgehead atoms. The van der Waals surface area contributed by atoms with Crippen LogP contribution >= 0.6 is 0 Å². The standard InChI is InChI=1S/C12H19N3O2S/c13-8-11-4-3-7-15(9-11)18(16,17)10-12-5-1-2-6-14-12/h1-2,5-6,11H,3-4,7-10,13H2/t11-/m1/s1. The highest BCUT2D eigenvalue weighted by atomic mass is 32.2. The van der Waals surface area contributed by atoms with Crippen molar-refractivity contribution in [3.05, 3.63) is 30.1 Å². The Kier molecular flexibility index (Phi) is 4.31. The SMILES string of the molecule is NC[C@H]1CCCN(S(=O)(=O)Cc2ccccn2)C1. The van der Waals surface area contributed by atoms with E-state index in [9.17, 15) is 8.42 Å². The number of hydrogen-bond donors (Lipinski definition) is 1. The van der Waals surface area contributed by atoms with E-state index in [4.69, 9.17) is 5.73 Å². The van der Waals surface area contributed by atoms with Gasteiger partial charge in [-0.15, -0.1) is 0 Å². The molecule has 1 aliphatic rings. The highest BCUT2D eigenvalue weighted by molar-refractivity contribution is 7.88. The average molecular weight is 269 g/mol. The Morgan fingerprint density at radius 2 is 2.28 bits per heavy atom. The van der Waals surface area contributed by atoms with Crippen LogP contribution in [0.4, 0.5) is 0 Å². The van der Waals surface area contributed by atoms with Crippen molar-refractivity contribution in [1.29, 1.82) is 0 Å². The highest BCUT2D eigenvalue weighted by Crippen LogP contribution is 2.20. The van der Waals surface area contributed by atoms with E-state index in [-0.39, 0.29) is 11.7 Å². The lowest BCUT2D eigenvalue weighted by Crippen LogP contribution is -2.42. The summed E-state index contributed by atoms with van der Waals surface area (Å²) < 4.78 is 26.1.